The topological polar surface area (TPSA) is 48.5 Å². The number of fused-ring (bicyclic) bond motifs is 10. The molecule has 66 heavy (non-hydrogen) atoms. The average Bonchev–Trinajstić information content (AvgIpc) is 3.87. The van der Waals surface area contributed by atoms with Gasteiger partial charge in [-0.25, -0.2) is 4.98 Å². The van der Waals surface area contributed by atoms with Gasteiger partial charge in [-0.05, 0) is 110 Å². The SMILES string of the molecule is CC1(C)CCC(C)(C)c2cc3c(cc21)c1c(ccc2c4ccccc4n(-c4ccccc4)c21)n3-c1nc(-c2cccc(-c3cccc4ccccc34)c2)nc(-c2cccc3ccccc23)n1. The van der Waals surface area contributed by atoms with Crippen molar-refractivity contribution in [3.05, 3.63) is 199 Å². The largest absolute Gasteiger partial charge is 0.309 e. The van der Waals surface area contributed by atoms with E-state index in [-0.39, 0.29) is 10.8 Å². The zero-order chi connectivity index (χ0) is 44.3. The van der Waals surface area contributed by atoms with Crippen LogP contribution >= 0.6 is 0 Å². The second kappa shape index (κ2) is 14.3. The lowest BCUT2D eigenvalue weighted by atomic mass is 9.63. The van der Waals surface area contributed by atoms with Gasteiger partial charge in [0.15, 0.2) is 11.6 Å². The van der Waals surface area contributed by atoms with Crippen LogP contribution in [0.5, 0.6) is 0 Å². The lowest BCUT2D eigenvalue weighted by molar-refractivity contribution is 0.332. The normalized spacial score (nSPS) is 14.5. The highest BCUT2D eigenvalue weighted by molar-refractivity contribution is 6.26. The van der Waals surface area contributed by atoms with Gasteiger partial charge >= 0.3 is 0 Å². The summed E-state index contributed by atoms with van der Waals surface area (Å²) in [7, 11) is 0. The Morgan fingerprint density at radius 3 is 1.74 bits per heavy atom. The second-order valence-electron chi connectivity index (χ2n) is 19.5. The van der Waals surface area contributed by atoms with Crippen molar-refractivity contribution in [1.29, 1.82) is 0 Å². The molecule has 0 N–H and O–H groups in total. The maximum Gasteiger partial charge on any atom is 0.238 e. The van der Waals surface area contributed by atoms with Crippen molar-refractivity contribution in [3.8, 4) is 45.5 Å². The molecule has 0 unspecified atom stereocenters. The fourth-order valence-corrected chi connectivity index (χ4v) is 11.1. The van der Waals surface area contributed by atoms with Crippen molar-refractivity contribution in [2.45, 2.75) is 51.4 Å². The van der Waals surface area contributed by atoms with E-state index in [1.807, 2.05) is 0 Å². The van der Waals surface area contributed by atoms with E-state index in [0.29, 0.717) is 17.6 Å². The zero-order valence-electron chi connectivity index (χ0n) is 37.5. The number of rotatable bonds is 5. The van der Waals surface area contributed by atoms with Crippen LogP contribution in [0.2, 0.25) is 0 Å². The molecule has 5 heteroatoms. The van der Waals surface area contributed by atoms with Crippen LogP contribution in [0.1, 0.15) is 51.7 Å². The van der Waals surface area contributed by atoms with Gasteiger partial charge in [-0.1, -0.05) is 173 Å². The van der Waals surface area contributed by atoms with Crippen LogP contribution in [-0.2, 0) is 10.8 Å². The quantitative estimate of drug-likeness (QED) is 0.173. The molecule has 316 valence electrons. The summed E-state index contributed by atoms with van der Waals surface area (Å²) < 4.78 is 4.80. The van der Waals surface area contributed by atoms with Crippen molar-refractivity contribution < 1.29 is 0 Å². The van der Waals surface area contributed by atoms with Crippen LogP contribution in [0.15, 0.2) is 188 Å². The molecule has 0 aliphatic heterocycles. The van der Waals surface area contributed by atoms with E-state index >= 15 is 0 Å². The minimum atomic E-state index is -0.0188. The maximum absolute atomic E-state index is 5.56. The summed E-state index contributed by atoms with van der Waals surface area (Å²) in [6, 6.07) is 68.0. The highest BCUT2D eigenvalue weighted by Gasteiger charge is 2.38. The first-order valence-electron chi connectivity index (χ1n) is 23.2. The Bertz CT molecular complexity index is 3930. The molecule has 0 saturated carbocycles. The number of aromatic nitrogens is 5. The fourth-order valence-electron chi connectivity index (χ4n) is 11.1. The van der Waals surface area contributed by atoms with Crippen LogP contribution in [0.25, 0.3) is 111 Å². The molecule has 9 aromatic carbocycles. The zero-order valence-corrected chi connectivity index (χ0v) is 37.5. The first-order chi connectivity index (χ1) is 32.2. The fraction of sp³-hybridized carbons (Fsp3) is 0.131. The van der Waals surface area contributed by atoms with Gasteiger partial charge in [0, 0.05) is 38.4 Å². The molecule has 0 saturated heterocycles. The van der Waals surface area contributed by atoms with E-state index in [1.54, 1.807) is 0 Å². The summed E-state index contributed by atoms with van der Waals surface area (Å²) in [6.07, 6.45) is 2.24. The van der Waals surface area contributed by atoms with Crippen LogP contribution in [0.3, 0.4) is 0 Å². The molecule has 0 fully saturated rings. The number of nitrogens with zero attached hydrogens (tertiary/aromatic N) is 5. The molecule has 0 bridgehead atoms. The highest BCUT2D eigenvalue weighted by atomic mass is 15.2. The predicted molar refractivity (Wildman–Crippen MR) is 275 cm³/mol. The second-order valence-corrected chi connectivity index (χ2v) is 19.5. The Morgan fingerprint density at radius 2 is 0.985 bits per heavy atom. The molecule has 3 heterocycles. The Morgan fingerprint density at radius 1 is 0.394 bits per heavy atom. The Kier molecular flexibility index (Phi) is 8.36. The molecule has 0 spiro atoms. The van der Waals surface area contributed by atoms with Gasteiger partial charge in [0.25, 0.3) is 0 Å². The van der Waals surface area contributed by atoms with Gasteiger partial charge in [-0.15, -0.1) is 0 Å². The van der Waals surface area contributed by atoms with Crippen molar-refractivity contribution in [2.24, 2.45) is 0 Å². The molecule has 12 aromatic rings. The number of hydrogen-bond donors (Lipinski definition) is 0. The Balaban J connectivity index is 1.16. The van der Waals surface area contributed by atoms with Crippen LogP contribution in [-0.4, -0.2) is 24.1 Å². The summed E-state index contributed by atoms with van der Waals surface area (Å²) in [4.78, 5) is 16.5. The molecule has 13 rings (SSSR count). The number of para-hydroxylation sites is 2. The molecular formula is C61H47N5. The molecule has 0 amide bonds. The first-order valence-corrected chi connectivity index (χ1v) is 23.2. The van der Waals surface area contributed by atoms with Gasteiger partial charge < -0.3 is 4.57 Å². The van der Waals surface area contributed by atoms with Crippen LogP contribution in [0.4, 0.5) is 0 Å². The highest BCUT2D eigenvalue weighted by Crippen LogP contribution is 2.50. The monoisotopic (exact) mass is 849 g/mol. The molecule has 1 aliphatic rings. The number of hydrogen-bond acceptors (Lipinski definition) is 3. The number of benzene rings is 9. The summed E-state index contributed by atoms with van der Waals surface area (Å²) in [5.41, 5.74) is 12.6. The smallest absolute Gasteiger partial charge is 0.238 e. The van der Waals surface area contributed by atoms with Crippen molar-refractivity contribution >= 4 is 65.2 Å². The van der Waals surface area contributed by atoms with Gasteiger partial charge in [0.2, 0.25) is 5.95 Å². The Hall–Kier alpha value is -7.89. The third-order valence-electron chi connectivity index (χ3n) is 14.6. The molecule has 1 aliphatic carbocycles. The molecule has 5 nitrogen and oxygen atoms in total. The van der Waals surface area contributed by atoms with Crippen molar-refractivity contribution in [2.75, 3.05) is 0 Å². The van der Waals surface area contributed by atoms with E-state index in [4.69, 9.17) is 15.0 Å². The molecule has 0 radical (unpaired) electrons. The van der Waals surface area contributed by atoms with Crippen molar-refractivity contribution in [3.63, 3.8) is 0 Å². The van der Waals surface area contributed by atoms with Crippen LogP contribution < -0.4 is 0 Å². The lowest BCUT2D eigenvalue weighted by Gasteiger charge is -2.42. The Labute approximate surface area is 383 Å². The average molecular weight is 850 g/mol. The van der Waals surface area contributed by atoms with E-state index in [1.165, 1.54) is 60.0 Å². The van der Waals surface area contributed by atoms with Gasteiger partial charge in [0.1, 0.15) is 0 Å². The maximum atomic E-state index is 5.56. The summed E-state index contributed by atoms with van der Waals surface area (Å²) >= 11 is 0. The van der Waals surface area contributed by atoms with Crippen LogP contribution in [0, 0.1) is 0 Å². The minimum Gasteiger partial charge on any atom is -0.309 e. The third kappa shape index (κ3) is 5.82. The summed E-state index contributed by atoms with van der Waals surface area (Å²) in [5, 5.41) is 9.50. The molecular weight excluding hydrogens is 803 g/mol. The summed E-state index contributed by atoms with van der Waals surface area (Å²) in [5.74, 6) is 1.85. The minimum absolute atomic E-state index is 0.00443. The molecule has 0 atom stereocenters. The third-order valence-corrected chi connectivity index (χ3v) is 14.6. The van der Waals surface area contributed by atoms with E-state index in [9.17, 15) is 0 Å². The summed E-state index contributed by atoms with van der Waals surface area (Å²) in [6.45, 7) is 9.66. The van der Waals surface area contributed by atoms with Crippen molar-refractivity contribution in [1.82, 2.24) is 24.1 Å². The standard InChI is InChI=1S/C61H47N5/c1-60(2)33-34-61(3,4)51-37-54-49(36-50(51)60)55-53(32-31-47-46-27-12-13-30-52(46)65(56(47)55)42-23-6-5-7-24-42)66(54)59-63-57(62-58(64-59)48-29-16-20-39-18-9-11-26-44(39)48)41-22-14-21-40(35-41)45-28-15-19-38-17-8-10-25-43(38)45/h5-32,35-37H,33-34H2,1-4H3. The van der Waals surface area contributed by atoms with Gasteiger partial charge in [-0.2, -0.15) is 9.97 Å². The molecule has 3 aromatic heterocycles. The van der Waals surface area contributed by atoms with E-state index < -0.39 is 0 Å². The van der Waals surface area contributed by atoms with E-state index in [2.05, 4.69) is 225 Å². The van der Waals surface area contributed by atoms with Gasteiger partial charge in [-0.3, -0.25) is 4.57 Å². The predicted octanol–water partition coefficient (Wildman–Crippen LogP) is 15.7. The first kappa shape index (κ1) is 38.6. The van der Waals surface area contributed by atoms with Gasteiger partial charge in [0.05, 0.1) is 22.1 Å². The lowest BCUT2D eigenvalue weighted by Crippen LogP contribution is -2.33. The van der Waals surface area contributed by atoms with E-state index in [0.717, 1.165) is 57.0 Å².